The highest BCUT2D eigenvalue weighted by atomic mass is 16.7. The van der Waals surface area contributed by atoms with Gasteiger partial charge in [0.2, 0.25) is 6.79 Å². The van der Waals surface area contributed by atoms with E-state index in [4.69, 9.17) is 14.0 Å². The maximum absolute atomic E-state index is 12.5. The molecule has 6 heteroatoms. The molecule has 2 aromatic rings. The third-order valence-corrected chi connectivity index (χ3v) is 3.61. The lowest BCUT2D eigenvalue weighted by molar-refractivity contribution is 0.0734. The largest absolute Gasteiger partial charge is 0.454 e. The summed E-state index contributed by atoms with van der Waals surface area (Å²) in [6.07, 6.45) is 2.33. The molecule has 1 amide bonds. The van der Waals surface area contributed by atoms with Gasteiger partial charge < -0.3 is 18.9 Å². The Kier molecular flexibility index (Phi) is 2.42. The first-order valence-corrected chi connectivity index (χ1v) is 6.42. The normalized spacial score (nSPS) is 16.1. The highest BCUT2D eigenvalue weighted by molar-refractivity contribution is 5.95. The summed E-state index contributed by atoms with van der Waals surface area (Å²) in [6.45, 7) is 1.39. The maximum atomic E-state index is 12.5. The number of ether oxygens (including phenoxy) is 2. The van der Waals surface area contributed by atoms with E-state index < -0.39 is 0 Å². The van der Waals surface area contributed by atoms with Crippen molar-refractivity contribution in [3.63, 3.8) is 0 Å². The van der Waals surface area contributed by atoms with Gasteiger partial charge in [-0.25, -0.2) is 0 Å². The maximum Gasteiger partial charge on any atom is 0.254 e. The Morgan fingerprint density at radius 2 is 2.15 bits per heavy atom. The van der Waals surface area contributed by atoms with Crippen LogP contribution in [0.3, 0.4) is 0 Å². The molecule has 4 rings (SSSR count). The van der Waals surface area contributed by atoms with Gasteiger partial charge in [-0.15, -0.1) is 0 Å². The van der Waals surface area contributed by atoms with Gasteiger partial charge in [-0.3, -0.25) is 4.79 Å². The predicted octanol–water partition coefficient (Wildman–Crippen LogP) is 1.60. The highest BCUT2D eigenvalue weighted by Crippen LogP contribution is 2.33. The summed E-state index contributed by atoms with van der Waals surface area (Å²) < 4.78 is 15.5. The lowest BCUT2D eigenvalue weighted by atomic mass is 10.1. The molecule has 1 aromatic carbocycles. The number of nitrogens with zero attached hydrogens (tertiary/aromatic N) is 2. The van der Waals surface area contributed by atoms with E-state index in [1.54, 1.807) is 29.4 Å². The van der Waals surface area contributed by atoms with E-state index in [1.165, 1.54) is 0 Å². The summed E-state index contributed by atoms with van der Waals surface area (Å²) in [5.41, 5.74) is 2.53. The Hall–Kier alpha value is -2.50. The zero-order valence-electron chi connectivity index (χ0n) is 10.7. The minimum atomic E-state index is -0.0184. The van der Waals surface area contributed by atoms with Gasteiger partial charge in [-0.05, 0) is 18.2 Å². The predicted molar refractivity (Wildman–Crippen MR) is 67.5 cm³/mol. The van der Waals surface area contributed by atoms with E-state index in [0.717, 1.165) is 17.7 Å². The summed E-state index contributed by atoms with van der Waals surface area (Å²) in [5, 5.41) is 3.92. The zero-order chi connectivity index (χ0) is 13.5. The fraction of sp³-hybridized carbons (Fsp3) is 0.286. The molecule has 20 heavy (non-hydrogen) atoms. The van der Waals surface area contributed by atoms with E-state index in [9.17, 15) is 4.79 Å². The topological polar surface area (TPSA) is 64.8 Å². The summed E-state index contributed by atoms with van der Waals surface area (Å²) in [7, 11) is 0. The van der Waals surface area contributed by atoms with E-state index in [-0.39, 0.29) is 12.7 Å². The number of carbonyl (C=O) groups excluding carboxylic acids is 1. The number of rotatable bonds is 1. The molecule has 2 aliphatic heterocycles. The van der Waals surface area contributed by atoms with Crippen LogP contribution in [-0.2, 0) is 13.0 Å². The smallest absolute Gasteiger partial charge is 0.254 e. The van der Waals surface area contributed by atoms with E-state index >= 15 is 0 Å². The molecule has 0 radical (unpaired) electrons. The van der Waals surface area contributed by atoms with Crippen molar-refractivity contribution in [1.82, 2.24) is 10.1 Å². The fourth-order valence-electron chi connectivity index (χ4n) is 2.53. The molecular formula is C14H12N2O4. The third-order valence-electron chi connectivity index (χ3n) is 3.61. The highest BCUT2D eigenvalue weighted by Gasteiger charge is 2.25. The molecule has 0 unspecified atom stereocenters. The van der Waals surface area contributed by atoms with Crippen LogP contribution in [0.2, 0.25) is 0 Å². The van der Waals surface area contributed by atoms with Gasteiger partial charge in [0.05, 0.1) is 12.2 Å². The number of hydrogen-bond donors (Lipinski definition) is 0. The van der Waals surface area contributed by atoms with Gasteiger partial charge in [0.1, 0.15) is 6.26 Å². The van der Waals surface area contributed by atoms with Crippen LogP contribution in [-0.4, -0.2) is 29.3 Å². The Morgan fingerprint density at radius 1 is 1.25 bits per heavy atom. The van der Waals surface area contributed by atoms with Crippen LogP contribution in [0.5, 0.6) is 11.5 Å². The first-order valence-electron chi connectivity index (χ1n) is 6.42. The lowest BCUT2D eigenvalue weighted by Gasteiger charge is -2.25. The molecule has 6 nitrogen and oxygen atoms in total. The van der Waals surface area contributed by atoms with Crippen LogP contribution >= 0.6 is 0 Å². The van der Waals surface area contributed by atoms with E-state index in [2.05, 4.69) is 5.16 Å². The molecule has 0 fully saturated rings. The van der Waals surface area contributed by atoms with Gasteiger partial charge in [0, 0.05) is 24.1 Å². The standard InChI is InChI=1S/C14H12N2O4/c17-14(9-1-2-12-13(5-9)19-8-18-12)16-4-3-11-10(6-16)7-20-15-11/h1-2,5,7H,3-4,6,8H2. The molecule has 0 atom stereocenters. The van der Waals surface area contributed by atoms with Crippen molar-refractivity contribution in [2.75, 3.05) is 13.3 Å². The number of aromatic nitrogens is 1. The molecule has 0 saturated carbocycles. The molecule has 1 aromatic heterocycles. The number of carbonyl (C=O) groups is 1. The molecule has 0 N–H and O–H groups in total. The minimum absolute atomic E-state index is 0.0184. The van der Waals surface area contributed by atoms with Crippen LogP contribution in [0.4, 0.5) is 0 Å². The number of amides is 1. The van der Waals surface area contributed by atoms with E-state index in [0.29, 0.717) is 30.2 Å². The SMILES string of the molecule is O=C(c1ccc2c(c1)OCO2)N1CCc2nocc2C1. The molecule has 0 spiro atoms. The van der Waals surface area contributed by atoms with Crippen LogP contribution < -0.4 is 9.47 Å². The quantitative estimate of drug-likeness (QED) is 0.789. The van der Waals surface area contributed by atoms with Crippen molar-refractivity contribution in [1.29, 1.82) is 0 Å². The molecular weight excluding hydrogens is 260 g/mol. The van der Waals surface area contributed by atoms with Crippen molar-refractivity contribution < 1.29 is 18.8 Å². The second kappa shape index (κ2) is 4.26. The molecule has 0 saturated heterocycles. The second-order valence-corrected chi connectivity index (χ2v) is 4.83. The van der Waals surface area contributed by atoms with Crippen molar-refractivity contribution in [3.8, 4) is 11.5 Å². The van der Waals surface area contributed by atoms with Crippen LogP contribution in [0.1, 0.15) is 21.6 Å². The van der Waals surface area contributed by atoms with Crippen molar-refractivity contribution in [2.24, 2.45) is 0 Å². The average molecular weight is 272 g/mol. The Bertz CT molecular complexity index is 680. The van der Waals surface area contributed by atoms with Gasteiger partial charge in [-0.1, -0.05) is 5.16 Å². The molecule has 102 valence electrons. The third kappa shape index (κ3) is 1.72. The van der Waals surface area contributed by atoms with Gasteiger partial charge in [0.25, 0.3) is 5.91 Å². The minimum Gasteiger partial charge on any atom is -0.454 e. The zero-order valence-corrected chi connectivity index (χ0v) is 10.7. The second-order valence-electron chi connectivity index (χ2n) is 4.83. The summed E-state index contributed by atoms with van der Waals surface area (Å²) in [5.74, 6) is 1.29. The first kappa shape index (κ1) is 11.3. The van der Waals surface area contributed by atoms with Crippen molar-refractivity contribution >= 4 is 5.91 Å². The summed E-state index contributed by atoms with van der Waals surface area (Å²) in [4.78, 5) is 14.3. The molecule has 3 heterocycles. The Morgan fingerprint density at radius 3 is 3.10 bits per heavy atom. The number of benzene rings is 1. The number of fused-ring (bicyclic) bond motifs is 2. The van der Waals surface area contributed by atoms with Crippen LogP contribution in [0.25, 0.3) is 0 Å². The van der Waals surface area contributed by atoms with Crippen LogP contribution in [0, 0.1) is 0 Å². The number of hydrogen-bond acceptors (Lipinski definition) is 5. The summed E-state index contributed by atoms with van der Waals surface area (Å²) >= 11 is 0. The van der Waals surface area contributed by atoms with Crippen LogP contribution in [0.15, 0.2) is 29.0 Å². The monoisotopic (exact) mass is 272 g/mol. The lowest BCUT2D eigenvalue weighted by Crippen LogP contribution is -2.35. The fourth-order valence-corrected chi connectivity index (χ4v) is 2.53. The molecule has 2 aliphatic rings. The van der Waals surface area contributed by atoms with Gasteiger partial charge in [-0.2, -0.15) is 0 Å². The molecule has 0 aliphatic carbocycles. The van der Waals surface area contributed by atoms with E-state index in [1.807, 2.05) is 0 Å². The van der Waals surface area contributed by atoms with Gasteiger partial charge in [0.15, 0.2) is 11.5 Å². The Labute approximate surface area is 114 Å². The van der Waals surface area contributed by atoms with Crippen molar-refractivity contribution in [2.45, 2.75) is 13.0 Å². The molecule has 0 bridgehead atoms. The Balaban J connectivity index is 1.59. The van der Waals surface area contributed by atoms with Gasteiger partial charge >= 0.3 is 0 Å². The van der Waals surface area contributed by atoms with Crippen molar-refractivity contribution in [3.05, 3.63) is 41.3 Å². The first-order chi connectivity index (χ1) is 9.81. The summed E-state index contributed by atoms with van der Waals surface area (Å²) in [6, 6.07) is 5.26. The average Bonchev–Trinajstić information content (AvgIpc) is 3.13.